The Morgan fingerprint density at radius 2 is 2.07 bits per heavy atom. The molecule has 0 atom stereocenters. The molecule has 0 bridgehead atoms. The van der Waals surface area contributed by atoms with Gasteiger partial charge in [-0.2, -0.15) is 0 Å². The lowest BCUT2D eigenvalue weighted by atomic mass is 10.1. The third kappa shape index (κ3) is 2.80. The van der Waals surface area contributed by atoms with Gasteiger partial charge in [0.25, 0.3) is 0 Å². The molecule has 1 rings (SSSR count). The highest BCUT2D eigenvalue weighted by Gasteiger charge is 2.09. The van der Waals surface area contributed by atoms with E-state index in [-0.39, 0.29) is 0 Å². The summed E-state index contributed by atoms with van der Waals surface area (Å²) in [5.41, 5.74) is 5.49. The van der Waals surface area contributed by atoms with Gasteiger partial charge in [0.1, 0.15) is 11.6 Å². The number of nitrogens with zero attached hydrogens (tertiary/aromatic N) is 3. The van der Waals surface area contributed by atoms with Crippen molar-refractivity contribution in [3.8, 4) is 0 Å². The molecule has 1 heterocycles. The minimum absolute atomic E-state index is 0.621. The molecule has 0 aliphatic heterocycles. The normalized spacial score (nSPS) is 11.2. The van der Waals surface area contributed by atoms with Gasteiger partial charge in [-0.05, 0) is 25.8 Å². The van der Waals surface area contributed by atoms with Gasteiger partial charge in [-0.15, -0.1) is 10.2 Å². The highest BCUT2D eigenvalue weighted by molar-refractivity contribution is 4.94. The quantitative estimate of drug-likeness (QED) is 0.768. The van der Waals surface area contributed by atoms with Gasteiger partial charge >= 0.3 is 0 Å². The van der Waals surface area contributed by atoms with Gasteiger partial charge in [0, 0.05) is 13.0 Å². The van der Waals surface area contributed by atoms with Gasteiger partial charge in [0.05, 0.1) is 0 Å². The summed E-state index contributed by atoms with van der Waals surface area (Å²) in [7, 11) is 0. The van der Waals surface area contributed by atoms with Crippen LogP contribution in [0.15, 0.2) is 0 Å². The van der Waals surface area contributed by atoms with E-state index >= 15 is 0 Å². The lowest BCUT2D eigenvalue weighted by Gasteiger charge is -2.08. The van der Waals surface area contributed by atoms with Gasteiger partial charge in [-0.3, -0.25) is 0 Å². The summed E-state index contributed by atoms with van der Waals surface area (Å²) in [6.45, 7) is 8.04. The van der Waals surface area contributed by atoms with Crippen LogP contribution >= 0.6 is 0 Å². The van der Waals surface area contributed by atoms with Crippen LogP contribution in [0.2, 0.25) is 0 Å². The van der Waals surface area contributed by atoms with E-state index in [4.69, 9.17) is 5.73 Å². The van der Waals surface area contributed by atoms with Gasteiger partial charge in [-0.25, -0.2) is 0 Å². The molecule has 2 N–H and O–H groups in total. The molecular weight excluding hydrogens is 176 g/mol. The van der Waals surface area contributed by atoms with Crippen LogP contribution < -0.4 is 5.73 Å². The van der Waals surface area contributed by atoms with Crippen LogP contribution in [-0.2, 0) is 13.0 Å². The average Bonchev–Trinajstić information content (AvgIpc) is 2.44. The molecule has 0 amide bonds. The molecular formula is C10H20N4. The predicted molar refractivity (Wildman–Crippen MR) is 57.0 cm³/mol. The van der Waals surface area contributed by atoms with Crippen LogP contribution in [0.4, 0.5) is 0 Å². The van der Waals surface area contributed by atoms with Crippen LogP contribution in [0, 0.1) is 12.8 Å². The van der Waals surface area contributed by atoms with Crippen molar-refractivity contribution in [2.45, 2.75) is 40.2 Å². The van der Waals surface area contributed by atoms with E-state index in [0.29, 0.717) is 5.92 Å². The Hall–Kier alpha value is -0.900. The Kier molecular flexibility index (Phi) is 4.07. The largest absolute Gasteiger partial charge is 0.330 e. The van der Waals surface area contributed by atoms with E-state index in [2.05, 4.69) is 28.6 Å². The zero-order valence-electron chi connectivity index (χ0n) is 9.32. The van der Waals surface area contributed by atoms with E-state index < -0.39 is 0 Å². The molecule has 0 aliphatic carbocycles. The van der Waals surface area contributed by atoms with Crippen molar-refractivity contribution in [2.24, 2.45) is 11.7 Å². The Bertz CT molecular complexity index is 278. The van der Waals surface area contributed by atoms with Gasteiger partial charge in [-0.1, -0.05) is 13.8 Å². The zero-order chi connectivity index (χ0) is 10.6. The molecule has 0 unspecified atom stereocenters. The molecule has 0 aromatic carbocycles. The van der Waals surface area contributed by atoms with E-state index in [1.54, 1.807) is 0 Å². The maximum atomic E-state index is 5.49. The Labute approximate surface area is 85.5 Å². The molecule has 0 radical (unpaired) electrons. The third-order valence-corrected chi connectivity index (χ3v) is 2.19. The van der Waals surface area contributed by atoms with Crippen molar-refractivity contribution in [3.63, 3.8) is 0 Å². The highest BCUT2D eigenvalue weighted by Crippen LogP contribution is 2.08. The van der Waals surface area contributed by atoms with E-state index in [1.807, 2.05) is 6.92 Å². The minimum atomic E-state index is 0.621. The summed E-state index contributed by atoms with van der Waals surface area (Å²) in [4.78, 5) is 0. The molecule has 1 aromatic rings. The van der Waals surface area contributed by atoms with E-state index in [1.165, 1.54) is 0 Å². The lowest BCUT2D eigenvalue weighted by molar-refractivity contribution is 0.553. The van der Waals surface area contributed by atoms with Crippen molar-refractivity contribution in [1.82, 2.24) is 14.8 Å². The molecule has 1 aromatic heterocycles. The standard InChI is InChI=1S/C10H20N4/c1-8(2)7-10-13-12-9(3)14(10)6-4-5-11/h8H,4-7,11H2,1-3H3. The monoisotopic (exact) mass is 196 g/mol. The number of hydrogen-bond acceptors (Lipinski definition) is 3. The summed E-state index contributed by atoms with van der Waals surface area (Å²) < 4.78 is 2.17. The lowest BCUT2D eigenvalue weighted by Crippen LogP contribution is -2.11. The molecule has 4 heteroatoms. The first kappa shape index (κ1) is 11.2. The zero-order valence-corrected chi connectivity index (χ0v) is 9.32. The van der Waals surface area contributed by atoms with Crippen LogP contribution in [0.3, 0.4) is 0 Å². The van der Waals surface area contributed by atoms with Crippen molar-refractivity contribution < 1.29 is 0 Å². The fourth-order valence-corrected chi connectivity index (χ4v) is 1.48. The maximum Gasteiger partial charge on any atom is 0.133 e. The molecule has 0 fully saturated rings. The number of nitrogens with two attached hydrogens (primary N) is 1. The van der Waals surface area contributed by atoms with Crippen molar-refractivity contribution in [3.05, 3.63) is 11.6 Å². The Balaban J connectivity index is 2.72. The van der Waals surface area contributed by atoms with Crippen molar-refractivity contribution in [1.29, 1.82) is 0 Å². The minimum Gasteiger partial charge on any atom is -0.330 e. The van der Waals surface area contributed by atoms with Crippen LogP contribution in [0.5, 0.6) is 0 Å². The second-order valence-electron chi connectivity index (χ2n) is 4.06. The third-order valence-electron chi connectivity index (χ3n) is 2.19. The average molecular weight is 196 g/mol. The molecule has 0 saturated heterocycles. The second-order valence-corrected chi connectivity index (χ2v) is 4.06. The summed E-state index contributed by atoms with van der Waals surface area (Å²) in [6, 6.07) is 0. The molecule has 80 valence electrons. The Morgan fingerprint density at radius 1 is 1.36 bits per heavy atom. The number of aromatic nitrogens is 3. The van der Waals surface area contributed by atoms with Crippen LogP contribution in [0.1, 0.15) is 31.9 Å². The smallest absolute Gasteiger partial charge is 0.133 e. The van der Waals surface area contributed by atoms with Crippen molar-refractivity contribution in [2.75, 3.05) is 6.54 Å². The fourth-order valence-electron chi connectivity index (χ4n) is 1.48. The summed E-state index contributed by atoms with van der Waals surface area (Å²) in [5.74, 6) is 2.70. The molecule has 4 nitrogen and oxygen atoms in total. The highest BCUT2D eigenvalue weighted by atomic mass is 15.3. The van der Waals surface area contributed by atoms with Gasteiger partial charge in [0.2, 0.25) is 0 Å². The van der Waals surface area contributed by atoms with Crippen molar-refractivity contribution >= 4 is 0 Å². The van der Waals surface area contributed by atoms with E-state index in [0.717, 1.165) is 37.6 Å². The number of aryl methyl sites for hydroxylation is 1. The predicted octanol–water partition coefficient (Wildman–Crippen LogP) is 1.13. The molecule has 0 saturated carbocycles. The molecule has 14 heavy (non-hydrogen) atoms. The number of rotatable bonds is 5. The van der Waals surface area contributed by atoms with Gasteiger partial charge < -0.3 is 10.3 Å². The van der Waals surface area contributed by atoms with Crippen LogP contribution in [0.25, 0.3) is 0 Å². The van der Waals surface area contributed by atoms with E-state index in [9.17, 15) is 0 Å². The first-order valence-electron chi connectivity index (χ1n) is 5.24. The summed E-state index contributed by atoms with van der Waals surface area (Å²) >= 11 is 0. The number of hydrogen-bond donors (Lipinski definition) is 1. The summed E-state index contributed by atoms with van der Waals surface area (Å²) in [6.07, 6.45) is 1.98. The molecule has 0 aliphatic rings. The SMILES string of the molecule is Cc1nnc(CC(C)C)n1CCCN. The summed E-state index contributed by atoms with van der Waals surface area (Å²) in [5, 5.41) is 8.28. The second kappa shape index (κ2) is 5.10. The maximum absolute atomic E-state index is 5.49. The van der Waals surface area contributed by atoms with Gasteiger partial charge in [0.15, 0.2) is 0 Å². The fraction of sp³-hybridized carbons (Fsp3) is 0.800. The van der Waals surface area contributed by atoms with Crippen LogP contribution in [-0.4, -0.2) is 21.3 Å². The Morgan fingerprint density at radius 3 is 2.64 bits per heavy atom. The topological polar surface area (TPSA) is 56.7 Å². The first-order chi connectivity index (χ1) is 6.65. The first-order valence-corrected chi connectivity index (χ1v) is 5.24. The molecule has 0 spiro atoms.